The van der Waals surface area contributed by atoms with Gasteiger partial charge in [-0.1, -0.05) is 145 Å². The Labute approximate surface area is 278 Å². The number of aromatic nitrogens is 1. The van der Waals surface area contributed by atoms with E-state index < -0.39 is 0 Å². The Bertz CT molecular complexity index is 2260. The van der Waals surface area contributed by atoms with Crippen molar-refractivity contribution in [3.8, 4) is 16.8 Å². The zero-order chi connectivity index (χ0) is 32.0. The minimum Gasteiger partial charge on any atom is -0.309 e. The number of rotatable bonds is 7. The van der Waals surface area contributed by atoms with E-state index in [1.165, 1.54) is 84.5 Å². The van der Waals surface area contributed by atoms with Gasteiger partial charge in [0.05, 0.1) is 11.0 Å². The first-order valence-corrected chi connectivity index (χ1v) is 16.8. The van der Waals surface area contributed by atoms with Gasteiger partial charge in [-0.2, -0.15) is 0 Å². The lowest BCUT2D eigenvalue weighted by Crippen LogP contribution is -1.93. The number of fused-ring (bicyclic) bond motifs is 4. The number of benzene rings is 7. The molecule has 0 spiro atoms. The zero-order valence-corrected chi connectivity index (χ0v) is 27.4. The summed E-state index contributed by atoms with van der Waals surface area (Å²) < 4.78 is 2.38. The van der Waals surface area contributed by atoms with Crippen molar-refractivity contribution in [2.75, 3.05) is 0 Å². The summed E-state index contributed by atoms with van der Waals surface area (Å²) in [5.41, 5.74) is 11.8. The third kappa shape index (κ3) is 6.62. The van der Waals surface area contributed by atoms with Crippen molar-refractivity contribution in [2.24, 2.45) is 0 Å². The molecule has 0 unspecified atom stereocenters. The van der Waals surface area contributed by atoms with Gasteiger partial charge in [-0.05, 0) is 103 Å². The predicted molar refractivity (Wildman–Crippen MR) is 203 cm³/mol. The van der Waals surface area contributed by atoms with Crippen molar-refractivity contribution in [1.29, 1.82) is 0 Å². The Hall–Kier alpha value is -5.40. The lowest BCUT2D eigenvalue weighted by molar-refractivity contribution is 0.736. The molecule has 8 rings (SSSR count). The standard InChI is InChI=1S/C39H33N.C7H8/c1-28-12-11-14-29(26-28)13-5-6-15-30-22-24-34(35-19-8-7-18-33(30)35)31-23-25-39-37(27-31)36-20-9-10-21-38(36)40(39)32-16-3-2-4-17-32;1-7-5-3-2-4-6-7/h2-4,7-12,14,16-27H,5-6,13,15H2,1H3;2-6H,1H3. The average Bonchev–Trinajstić information content (AvgIpc) is 3.45. The summed E-state index contributed by atoms with van der Waals surface area (Å²) in [7, 11) is 0. The molecular formula is C46H41N. The summed E-state index contributed by atoms with van der Waals surface area (Å²) in [4.78, 5) is 0. The van der Waals surface area contributed by atoms with Crippen LogP contribution in [0.25, 0.3) is 49.4 Å². The van der Waals surface area contributed by atoms with E-state index in [1.807, 2.05) is 18.2 Å². The van der Waals surface area contributed by atoms with E-state index in [-0.39, 0.29) is 0 Å². The van der Waals surface area contributed by atoms with Crippen LogP contribution in [0.2, 0.25) is 0 Å². The van der Waals surface area contributed by atoms with Crippen LogP contribution in [0.3, 0.4) is 0 Å². The molecule has 1 aromatic heterocycles. The van der Waals surface area contributed by atoms with Crippen molar-refractivity contribution in [3.05, 3.63) is 186 Å². The van der Waals surface area contributed by atoms with Crippen molar-refractivity contribution in [1.82, 2.24) is 4.57 Å². The average molecular weight is 608 g/mol. The molecule has 8 aromatic rings. The van der Waals surface area contributed by atoms with Crippen LogP contribution in [0.15, 0.2) is 164 Å². The van der Waals surface area contributed by atoms with Crippen molar-refractivity contribution in [2.45, 2.75) is 39.5 Å². The largest absolute Gasteiger partial charge is 0.309 e. The molecule has 0 aliphatic heterocycles. The second-order valence-electron chi connectivity index (χ2n) is 12.6. The normalized spacial score (nSPS) is 11.1. The Morgan fingerprint density at radius 2 is 1.06 bits per heavy atom. The SMILES string of the molecule is Cc1cccc(CCCCc2ccc(-c3ccc4c(c3)c3ccccc3n4-c3ccccc3)c3ccccc23)c1.Cc1ccccc1. The van der Waals surface area contributed by atoms with E-state index in [9.17, 15) is 0 Å². The molecule has 0 bridgehead atoms. The fourth-order valence-corrected chi connectivity index (χ4v) is 6.87. The van der Waals surface area contributed by atoms with Crippen LogP contribution < -0.4 is 0 Å². The summed E-state index contributed by atoms with van der Waals surface area (Å²) in [6.45, 7) is 4.26. The molecular weight excluding hydrogens is 567 g/mol. The van der Waals surface area contributed by atoms with Crippen LogP contribution in [0.4, 0.5) is 0 Å². The van der Waals surface area contributed by atoms with E-state index in [2.05, 4.69) is 164 Å². The smallest absolute Gasteiger partial charge is 0.0541 e. The Kier molecular flexibility index (Phi) is 8.97. The molecule has 0 saturated carbocycles. The van der Waals surface area contributed by atoms with Crippen LogP contribution in [0.1, 0.15) is 35.1 Å². The van der Waals surface area contributed by atoms with Gasteiger partial charge in [0.15, 0.2) is 0 Å². The van der Waals surface area contributed by atoms with Gasteiger partial charge in [0.25, 0.3) is 0 Å². The lowest BCUT2D eigenvalue weighted by atomic mass is 9.92. The van der Waals surface area contributed by atoms with Gasteiger partial charge in [-0.3, -0.25) is 0 Å². The van der Waals surface area contributed by atoms with Gasteiger partial charge in [0.2, 0.25) is 0 Å². The topological polar surface area (TPSA) is 4.93 Å². The van der Waals surface area contributed by atoms with Crippen LogP contribution in [0.5, 0.6) is 0 Å². The Morgan fingerprint density at radius 3 is 1.81 bits per heavy atom. The highest BCUT2D eigenvalue weighted by molar-refractivity contribution is 6.11. The molecule has 1 heteroatoms. The van der Waals surface area contributed by atoms with Crippen LogP contribution in [0, 0.1) is 13.8 Å². The molecule has 1 nitrogen and oxygen atoms in total. The maximum Gasteiger partial charge on any atom is 0.0541 e. The quantitative estimate of drug-likeness (QED) is 0.159. The molecule has 7 aromatic carbocycles. The van der Waals surface area contributed by atoms with Crippen LogP contribution in [-0.2, 0) is 12.8 Å². The van der Waals surface area contributed by atoms with Crippen LogP contribution in [-0.4, -0.2) is 4.57 Å². The molecule has 230 valence electrons. The third-order valence-corrected chi connectivity index (χ3v) is 9.20. The predicted octanol–water partition coefficient (Wildman–Crippen LogP) is 12.5. The van der Waals surface area contributed by atoms with Crippen molar-refractivity contribution < 1.29 is 0 Å². The maximum atomic E-state index is 2.39. The van der Waals surface area contributed by atoms with E-state index in [1.54, 1.807) is 0 Å². The molecule has 0 N–H and O–H groups in total. The molecule has 1 heterocycles. The third-order valence-electron chi connectivity index (χ3n) is 9.20. The summed E-state index contributed by atoms with van der Waals surface area (Å²) in [5, 5.41) is 5.30. The monoisotopic (exact) mass is 607 g/mol. The number of hydrogen-bond donors (Lipinski definition) is 0. The fourth-order valence-electron chi connectivity index (χ4n) is 6.87. The molecule has 0 amide bonds. The summed E-state index contributed by atoms with van der Waals surface area (Å²) >= 11 is 0. The number of para-hydroxylation sites is 2. The summed E-state index contributed by atoms with van der Waals surface area (Å²) in [6.07, 6.45) is 4.66. The maximum absolute atomic E-state index is 2.39. The summed E-state index contributed by atoms with van der Waals surface area (Å²) in [6, 6.07) is 59.2. The van der Waals surface area contributed by atoms with Gasteiger partial charge in [-0.15, -0.1) is 0 Å². The van der Waals surface area contributed by atoms with E-state index in [4.69, 9.17) is 0 Å². The number of hydrogen-bond acceptors (Lipinski definition) is 0. The van der Waals surface area contributed by atoms with E-state index in [0.717, 1.165) is 12.8 Å². The molecule has 47 heavy (non-hydrogen) atoms. The van der Waals surface area contributed by atoms with Gasteiger partial charge in [-0.25, -0.2) is 0 Å². The molecule has 0 fully saturated rings. The minimum atomic E-state index is 1.11. The van der Waals surface area contributed by atoms with Gasteiger partial charge >= 0.3 is 0 Å². The van der Waals surface area contributed by atoms with E-state index in [0.29, 0.717) is 0 Å². The first kappa shape index (κ1) is 30.3. The van der Waals surface area contributed by atoms with E-state index >= 15 is 0 Å². The first-order chi connectivity index (χ1) is 23.2. The lowest BCUT2D eigenvalue weighted by Gasteiger charge is -2.13. The van der Waals surface area contributed by atoms with Gasteiger partial charge < -0.3 is 4.57 Å². The minimum absolute atomic E-state index is 1.11. The van der Waals surface area contributed by atoms with Gasteiger partial charge in [0.1, 0.15) is 0 Å². The number of unbranched alkanes of at least 4 members (excludes halogenated alkanes) is 1. The second kappa shape index (κ2) is 13.9. The molecule has 0 saturated heterocycles. The first-order valence-electron chi connectivity index (χ1n) is 16.8. The van der Waals surface area contributed by atoms with Crippen molar-refractivity contribution >= 4 is 32.6 Å². The number of aryl methyl sites for hydroxylation is 4. The highest BCUT2D eigenvalue weighted by Gasteiger charge is 2.14. The fraction of sp³-hybridized carbons (Fsp3) is 0.130. The second-order valence-corrected chi connectivity index (χ2v) is 12.6. The number of nitrogens with zero attached hydrogens (tertiary/aromatic N) is 1. The highest BCUT2D eigenvalue weighted by atomic mass is 15.0. The van der Waals surface area contributed by atoms with Crippen molar-refractivity contribution in [3.63, 3.8) is 0 Å². The Morgan fingerprint density at radius 1 is 0.426 bits per heavy atom. The molecule has 0 aliphatic rings. The zero-order valence-electron chi connectivity index (χ0n) is 27.4. The van der Waals surface area contributed by atoms with Crippen LogP contribution >= 0.6 is 0 Å². The molecule has 0 aliphatic carbocycles. The van der Waals surface area contributed by atoms with Gasteiger partial charge in [0, 0.05) is 16.5 Å². The Balaban J connectivity index is 0.000000447. The molecule has 0 radical (unpaired) electrons. The highest BCUT2D eigenvalue weighted by Crippen LogP contribution is 2.37. The molecule has 0 atom stereocenters. The summed E-state index contributed by atoms with van der Waals surface area (Å²) in [5.74, 6) is 0.